The lowest BCUT2D eigenvalue weighted by molar-refractivity contribution is -0.145. The lowest BCUT2D eigenvalue weighted by Gasteiger charge is -2.14. The summed E-state index contributed by atoms with van der Waals surface area (Å²) in [5.41, 5.74) is 5.32. The molecule has 0 radical (unpaired) electrons. The van der Waals surface area contributed by atoms with Crippen LogP contribution in [0.4, 0.5) is 0 Å². The number of nitrogens with two attached hydrogens (primary N) is 1. The molecule has 16 heavy (non-hydrogen) atoms. The van der Waals surface area contributed by atoms with Crippen LogP contribution >= 0.6 is 11.6 Å². The summed E-state index contributed by atoms with van der Waals surface area (Å²) in [4.78, 5) is 10.9. The molecule has 0 aliphatic carbocycles. The average Bonchev–Trinajstić information content (AvgIpc) is 2.24. The van der Waals surface area contributed by atoms with Crippen LogP contribution in [-0.2, 0) is 4.79 Å². The summed E-state index contributed by atoms with van der Waals surface area (Å²) in [6.45, 7) is 0.447. The zero-order valence-corrected chi connectivity index (χ0v) is 9.48. The molecule has 1 rings (SSSR count). The fourth-order valence-electron chi connectivity index (χ4n) is 1.24. The molecule has 0 saturated heterocycles. The first-order valence-corrected chi connectivity index (χ1v) is 5.36. The molecular formula is C11H14ClNO3. The van der Waals surface area contributed by atoms with Crippen molar-refractivity contribution < 1.29 is 14.6 Å². The summed E-state index contributed by atoms with van der Waals surface area (Å²) < 4.78 is 5.32. The van der Waals surface area contributed by atoms with Gasteiger partial charge in [-0.05, 0) is 37.6 Å². The van der Waals surface area contributed by atoms with Crippen LogP contribution in [-0.4, -0.2) is 23.7 Å². The van der Waals surface area contributed by atoms with Gasteiger partial charge >= 0.3 is 5.97 Å². The number of rotatable bonds is 6. The molecule has 0 aliphatic rings. The molecule has 4 nitrogen and oxygen atoms in total. The van der Waals surface area contributed by atoms with E-state index in [-0.39, 0.29) is 0 Å². The van der Waals surface area contributed by atoms with Crippen molar-refractivity contribution in [2.24, 2.45) is 5.73 Å². The standard InChI is InChI=1S/C11H14ClNO3/c12-8-3-1-4-9(7-8)16-10(11(14)15)5-2-6-13/h1,3-4,7,10H,2,5-6,13H2,(H,14,15). The molecule has 0 bridgehead atoms. The van der Waals surface area contributed by atoms with Crippen molar-refractivity contribution >= 4 is 17.6 Å². The van der Waals surface area contributed by atoms with E-state index in [1.165, 1.54) is 0 Å². The van der Waals surface area contributed by atoms with Gasteiger partial charge in [-0.3, -0.25) is 0 Å². The number of hydrogen-bond donors (Lipinski definition) is 2. The Balaban J connectivity index is 2.64. The van der Waals surface area contributed by atoms with Gasteiger partial charge in [-0.15, -0.1) is 0 Å². The van der Waals surface area contributed by atoms with Crippen LogP contribution in [0.1, 0.15) is 12.8 Å². The molecule has 0 aromatic heterocycles. The maximum absolute atomic E-state index is 10.9. The minimum Gasteiger partial charge on any atom is -0.479 e. The zero-order chi connectivity index (χ0) is 12.0. The Morgan fingerprint density at radius 3 is 2.88 bits per heavy atom. The molecule has 0 spiro atoms. The summed E-state index contributed by atoms with van der Waals surface area (Å²) in [5.74, 6) is -0.537. The minimum absolute atomic E-state index is 0.387. The molecule has 88 valence electrons. The van der Waals surface area contributed by atoms with E-state index in [1.54, 1.807) is 24.3 Å². The maximum atomic E-state index is 10.9. The van der Waals surface area contributed by atoms with Crippen molar-refractivity contribution in [2.75, 3.05) is 6.54 Å². The number of carboxylic acids is 1. The third-order valence-corrected chi connectivity index (χ3v) is 2.26. The van der Waals surface area contributed by atoms with Crippen molar-refractivity contribution in [3.8, 4) is 5.75 Å². The largest absolute Gasteiger partial charge is 0.479 e. The van der Waals surface area contributed by atoms with Crippen LogP contribution in [0.3, 0.4) is 0 Å². The summed E-state index contributed by atoms with van der Waals surface area (Å²) in [7, 11) is 0. The van der Waals surface area contributed by atoms with Gasteiger partial charge in [-0.25, -0.2) is 4.79 Å². The Kier molecular flexibility index (Phi) is 5.08. The van der Waals surface area contributed by atoms with Crippen LogP contribution < -0.4 is 10.5 Å². The summed E-state index contributed by atoms with van der Waals surface area (Å²) in [6, 6.07) is 6.66. The number of carbonyl (C=O) groups is 1. The normalized spacial score (nSPS) is 12.1. The number of ether oxygens (including phenoxy) is 1. The first-order chi connectivity index (χ1) is 7.63. The number of carboxylic acid groups (broad SMARTS) is 1. The third kappa shape index (κ3) is 4.08. The van der Waals surface area contributed by atoms with Crippen molar-refractivity contribution in [3.63, 3.8) is 0 Å². The van der Waals surface area contributed by atoms with Crippen LogP contribution in [0.2, 0.25) is 5.02 Å². The Morgan fingerprint density at radius 1 is 1.56 bits per heavy atom. The second-order valence-corrected chi connectivity index (χ2v) is 3.77. The predicted octanol–water partition coefficient (Wildman–Crippen LogP) is 1.91. The van der Waals surface area contributed by atoms with E-state index in [4.69, 9.17) is 27.2 Å². The van der Waals surface area contributed by atoms with Gasteiger partial charge in [-0.2, -0.15) is 0 Å². The molecule has 0 fully saturated rings. The average molecular weight is 244 g/mol. The summed E-state index contributed by atoms with van der Waals surface area (Å²) in [5, 5.41) is 9.45. The van der Waals surface area contributed by atoms with Gasteiger partial charge in [0.25, 0.3) is 0 Å². The van der Waals surface area contributed by atoms with Crippen LogP contribution in [0.25, 0.3) is 0 Å². The van der Waals surface area contributed by atoms with E-state index in [0.717, 1.165) is 0 Å². The van der Waals surface area contributed by atoms with E-state index in [1.807, 2.05) is 0 Å². The topological polar surface area (TPSA) is 72.5 Å². The van der Waals surface area contributed by atoms with E-state index >= 15 is 0 Å². The predicted molar refractivity (Wildman–Crippen MR) is 61.8 cm³/mol. The van der Waals surface area contributed by atoms with Crippen LogP contribution in [0, 0.1) is 0 Å². The van der Waals surface area contributed by atoms with E-state index in [0.29, 0.717) is 30.2 Å². The van der Waals surface area contributed by atoms with E-state index in [2.05, 4.69) is 0 Å². The van der Waals surface area contributed by atoms with Crippen LogP contribution in [0.15, 0.2) is 24.3 Å². The second-order valence-electron chi connectivity index (χ2n) is 3.33. The van der Waals surface area contributed by atoms with Crippen molar-refractivity contribution in [1.29, 1.82) is 0 Å². The highest BCUT2D eigenvalue weighted by molar-refractivity contribution is 6.30. The molecule has 1 aromatic carbocycles. The van der Waals surface area contributed by atoms with Gasteiger partial charge in [0.1, 0.15) is 5.75 Å². The molecule has 0 heterocycles. The Hall–Kier alpha value is -1.26. The van der Waals surface area contributed by atoms with Gasteiger partial charge < -0.3 is 15.6 Å². The monoisotopic (exact) mass is 243 g/mol. The van der Waals surface area contributed by atoms with E-state index in [9.17, 15) is 4.79 Å². The fraction of sp³-hybridized carbons (Fsp3) is 0.364. The molecule has 0 amide bonds. The Labute approximate surface area is 99.0 Å². The quantitative estimate of drug-likeness (QED) is 0.801. The zero-order valence-electron chi connectivity index (χ0n) is 8.73. The lowest BCUT2D eigenvalue weighted by Crippen LogP contribution is -2.27. The van der Waals surface area contributed by atoms with Gasteiger partial charge in [0.05, 0.1) is 0 Å². The number of hydrogen-bond acceptors (Lipinski definition) is 3. The highest BCUT2D eigenvalue weighted by Gasteiger charge is 2.18. The third-order valence-electron chi connectivity index (χ3n) is 2.02. The van der Waals surface area contributed by atoms with Crippen molar-refractivity contribution in [2.45, 2.75) is 18.9 Å². The maximum Gasteiger partial charge on any atom is 0.344 e. The SMILES string of the molecule is NCCCC(Oc1cccc(Cl)c1)C(=O)O. The minimum atomic E-state index is -0.992. The van der Waals surface area contributed by atoms with Crippen molar-refractivity contribution in [1.82, 2.24) is 0 Å². The van der Waals surface area contributed by atoms with E-state index < -0.39 is 12.1 Å². The highest BCUT2D eigenvalue weighted by atomic mass is 35.5. The number of halogens is 1. The summed E-state index contributed by atoms with van der Waals surface area (Å²) in [6.07, 6.45) is 0.123. The lowest BCUT2D eigenvalue weighted by atomic mass is 10.2. The van der Waals surface area contributed by atoms with Gasteiger partial charge in [0.15, 0.2) is 6.10 Å². The molecule has 0 aliphatic heterocycles. The first kappa shape index (κ1) is 12.8. The Bertz CT molecular complexity index is 357. The molecule has 3 N–H and O–H groups in total. The molecule has 1 aromatic rings. The molecule has 1 atom stereocenters. The molecule has 1 unspecified atom stereocenters. The van der Waals surface area contributed by atoms with Crippen molar-refractivity contribution in [3.05, 3.63) is 29.3 Å². The van der Waals surface area contributed by atoms with Gasteiger partial charge in [0, 0.05) is 5.02 Å². The fourth-order valence-corrected chi connectivity index (χ4v) is 1.42. The smallest absolute Gasteiger partial charge is 0.344 e. The van der Waals surface area contributed by atoms with Gasteiger partial charge in [0.2, 0.25) is 0 Å². The molecule has 0 saturated carbocycles. The Morgan fingerprint density at radius 2 is 2.31 bits per heavy atom. The highest BCUT2D eigenvalue weighted by Crippen LogP contribution is 2.19. The van der Waals surface area contributed by atoms with Gasteiger partial charge in [-0.1, -0.05) is 17.7 Å². The summed E-state index contributed by atoms with van der Waals surface area (Å²) >= 11 is 5.76. The van der Waals surface area contributed by atoms with Crippen LogP contribution in [0.5, 0.6) is 5.75 Å². The number of benzene rings is 1. The second kappa shape index (κ2) is 6.35. The molecule has 5 heteroatoms. The molecular weight excluding hydrogens is 230 g/mol. The number of aliphatic carboxylic acids is 1. The first-order valence-electron chi connectivity index (χ1n) is 4.98.